The lowest BCUT2D eigenvalue weighted by Crippen LogP contribution is -2.24. The van der Waals surface area contributed by atoms with Crippen molar-refractivity contribution in [3.8, 4) is 5.69 Å². The Morgan fingerprint density at radius 2 is 1.69 bits per heavy atom. The minimum absolute atomic E-state index is 0.0558. The molecule has 2 atom stereocenters. The summed E-state index contributed by atoms with van der Waals surface area (Å²) in [7, 11) is 0. The van der Waals surface area contributed by atoms with Gasteiger partial charge in [0.1, 0.15) is 29.7 Å². The molecule has 2 aliphatic heterocycles. The Morgan fingerprint density at radius 3 is 2.37 bits per heavy atom. The van der Waals surface area contributed by atoms with Gasteiger partial charge >= 0.3 is 0 Å². The predicted molar refractivity (Wildman–Crippen MR) is 123 cm³/mol. The molecule has 0 spiro atoms. The monoisotopic (exact) mass is 471 g/mol. The Morgan fingerprint density at radius 1 is 1.00 bits per heavy atom. The van der Waals surface area contributed by atoms with Crippen molar-refractivity contribution in [2.24, 2.45) is 5.73 Å². The third-order valence-electron chi connectivity index (χ3n) is 6.47. The quantitative estimate of drug-likeness (QED) is 0.303. The molecular weight excluding hydrogens is 452 g/mol. The first-order chi connectivity index (χ1) is 16.9. The van der Waals surface area contributed by atoms with Crippen LogP contribution in [0.2, 0.25) is 0 Å². The molecular formula is C26H19F2N5O2. The fourth-order valence-corrected chi connectivity index (χ4v) is 4.74. The van der Waals surface area contributed by atoms with E-state index in [4.69, 9.17) is 15.9 Å². The zero-order chi connectivity index (χ0) is 24.3. The largest absolute Gasteiger partial charge is 0.384 e. The number of hydrogen-bond acceptors (Lipinski definition) is 4. The molecule has 2 bridgehead atoms. The van der Waals surface area contributed by atoms with Gasteiger partial charge in [-0.1, -0.05) is 12.1 Å². The average molecular weight is 471 g/mol. The van der Waals surface area contributed by atoms with Gasteiger partial charge in [-0.2, -0.15) is 5.10 Å². The first-order valence-electron chi connectivity index (χ1n) is 10.9. The summed E-state index contributed by atoms with van der Waals surface area (Å²) in [6, 6.07) is 15.2. The van der Waals surface area contributed by atoms with Gasteiger partial charge < -0.3 is 15.8 Å². The SMILES string of the molecule is N=C(N)c1cc(F)c(CNC(=O)c2ccc3c(c2)C2OC3c3ccc(-n4cccn4)cc32)c(F)c1. The molecule has 3 heterocycles. The number of ether oxygens (including phenoxy) is 1. The lowest BCUT2D eigenvalue weighted by Gasteiger charge is -2.18. The summed E-state index contributed by atoms with van der Waals surface area (Å²) < 4.78 is 36.6. The number of carbonyl (C=O) groups is 1. The van der Waals surface area contributed by atoms with Crippen molar-refractivity contribution in [3.05, 3.63) is 118 Å². The molecule has 0 fully saturated rings. The van der Waals surface area contributed by atoms with E-state index in [9.17, 15) is 13.6 Å². The minimum atomic E-state index is -0.875. The summed E-state index contributed by atoms with van der Waals surface area (Å²) >= 11 is 0. The first kappa shape index (κ1) is 21.2. The van der Waals surface area contributed by atoms with Crippen molar-refractivity contribution in [1.29, 1.82) is 5.41 Å². The number of nitrogens with zero attached hydrogens (tertiary/aromatic N) is 2. The number of hydrogen-bond donors (Lipinski definition) is 3. The molecule has 4 N–H and O–H groups in total. The molecule has 174 valence electrons. The highest BCUT2D eigenvalue weighted by Crippen LogP contribution is 2.54. The van der Waals surface area contributed by atoms with Crippen LogP contribution in [-0.4, -0.2) is 21.5 Å². The number of aromatic nitrogens is 2. The van der Waals surface area contributed by atoms with Crippen LogP contribution in [0, 0.1) is 17.0 Å². The van der Waals surface area contributed by atoms with Crippen LogP contribution in [0.4, 0.5) is 8.78 Å². The number of carbonyl (C=O) groups excluding carboxylic acids is 1. The van der Waals surface area contributed by atoms with Gasteiger partial charge in [-0.25, -0.2) is 13.5 Å². The molecule has 3 aromatic carbocycles. The van der Waals surface area contributed by atoms with Gasteiger partial charge in [0.05, 0.1) is 5.69 Å². The normalized spacial score (nSPS) is 17.2. The Kier molecular flexibility index (Phi) is 4.75. The van der Waals surface area contributed by atoms with Crippen LogP contribution in [0.15, 0.2) is 67.0 Å². The summed E-state index contributed by atoms with van der Waals surface area (Å²) in [5.74, 6) is -2.65. The van der Waals surface area contributed by atoms with Gasteiger partial charge in [0, 0.05) is 35.6 Å². The molecule has 0 aliphatic carbocycles. The van der Waals surface area contributed by atoms with Gasteiger partial charge in [0.25, 0.3) is 5.91 Å². The minimum Gasteiger partial charge on any atom is -0.384 e. The summed E-state index contributed by atoms with van der Waals surface area (Å²) in [5.41, 5.74) is 10.3. The van der Waals surface area contributed by atoms with E-state index in [2.05, 4.69) is 10.4 Å². The Bertz CT molecular complexity index is 1490. The summed E-state index contributed by atoms with van der Waals surface area (Å²) in [4.78, 5) is 12.8. The van der Waals surface area contributed by atoms with Crippen LogP contribution in [0.1, 0.15) is 55.9 Å². The lowest BCUT2D eigenvalue weighted by atomic mass is 9.85. The zero-order valence-corrected chi connectivity index (χ0v) is 18.3. The number of benzene rings is 3. The van der Waals surface area contributed by atoms with Gasteiger partial charge in [0.15, 0.2) is 0 Å². The lowest BCUT2D eigenvalue weighted by molar-refractivity contribution is 0.0857. The smallest absolute Gasteiger partial charge is 0.251 e. The molecule has 2 unspecified atom stereocenters. The van der Waals surface area contributed by atoms with E-state index >= 15 is 0 Å². The van der Waals surface area contributed by atoms with Gasteiger partial charge in [-0.05, 0) is 64.7 Å². The third-order valence-corrected chi connectivity index (χ3v) is 6.47. The van der Waals surface area contributed by atoms with E-state index in [0.29, 0.717) is 5.56 Å². The van der Waals surface area contributed by atoms with Crippen LogP contribution in [0.3, 0.4) is 0 Å². The number of fused-ring (bicyclic) bond motifs is 8. The van der Waals surface area contributed by atoms with E-state index in [1.165, 1.54) is 0 Å². The number of rotatable bonds is 5. The van der Waals surface area contributed by atoms with Crippen LogP contribution < -0.4 is 11.1 Å². The molecule has 4 aromatic rings. The Balaban J connectivity index is 1.24. The molecule has 1 amide bonds. The number of nitrogens with two attached hydrogens (primary N) is 1. The highest BCUT2D eigenvalue weighted by Gasteiger charge is 2.43. The molecule has 2 aliphatic rings. The van der Waals surface area contributed by atoms with E-state index in [1.807, 2.05) is 36.5 Å². The number of amides is 1. The molecule has 0 radical (unpaired) electrons. The van der Waals surface area contributed by atoms with Crippen molar-refractivity contribution < 1.29 is 18.3 Å². The number of amidine groups is 1. The maximum atomic E-state index is 14.3. The Hall–Kier alpha value is -4.37. The van der Waals surface area contributed by atoms with Crippen LogP contribution in [0.25, 0.3) is 5.69 Å². The zero-order valence-electron chi connectivity index (χ0n) is 18.3. The van der Waals surface area contributed by atoms with Gasteiger partial charge in [-0.3, -0.25) is 10.2 Å². The fraction of sp³-hybridized carbons (Fsp3) is 0.115. The second kappa shape index (κ2) is 7.85. The van der Waals surface area contributed by atoms with E-state index in [0.717, 1.165) is 40.1 Å². The predicted octanol–water partition coefficient (Wildman–Crippen LogP) is 3.89. The van der Waals surface area contributed by atoms with Gasteiger partial charge in [0.2, 0.25) is 0 Å². The highest BCUT2D eigenvalue weighted by molar-refractivity contribution is 5.95. The number of halogens is 2. The molecule has 7 nitrogen and oxygen atoms in total. The standard InChI is InChI=1S/C26H19F2N5O2/c27-21-9-14(25(29)30)10-22(28)20(21)12-31-26(34)13-2-4-16-18(8-13)24-19-11-15(33-7-1-6-32-33)3-5-17(19)23(16)35-24/h1-11,23-24H,12H2,(H3,29,30)(H,31,34). The molecule has 9 heteroatoms. The van der Waals surface area contributed by atoms with Crippen LogP contribution in [-0.2, 0) is 11.3 Å². The molecule has 6 rings (SSSR count). The van der Waals surface area contributed by atoms with Crippen molar-refractivity contribution in [1.82, 2.24) is 15.1 Å². The molecule has 0 saturated heterocycles. The summed E-state index contributed by atoms with van der Waals surface area (Å²) in [6.45, 7) is -0.343. The van der Waals surface area contributed by atoms with Crippen molar-refractivity contribution >= 4 is 11.7 Å². The average Bonchev–Trinajstić information content (AvgIpc) is 3.59. The van der Waals surface area contributed by atoms with Crippen molar-refractivity contribution in [3.63, 3.8) is 0 Å². The summed E-state index contributed by atoms with van der Waals surface area (Å²) in [6.07, 6.45) is 3.08. The van der Waals surface area contributed by atoms with Gasteiger partial charge in [-0.15, -0.1) is 0 Å². The third kappa shape index (κ3) is 3.39. The maximum Gasteiger partial charge on any atom is 0.251 e. The second-order valence-corrected chi connectivity index (χ2v) is 8.52. The van der Waals surface area contributed by atoms with Crippen molar-refractivity contribution in [2.75, 3.05) is 0 Å². The van der Waals surface area contributed by atoms with Crippen LogP contribution >= 0.6 is 0 Å². The van der Waals surface area contributed by atoms with E-state index < -0.39 is 23.4 Å². The molecule has 1 aromatic heterocycles. The second-order valence-electron chi connectivity index (χ2n) is 8.52. The molecule has 0 saturated carbocycles. The van der Waals surface area contributed by atoms with Crippen LogP contribution in [0.5, 0.6) is 0 Å². The fourth-order valence-electron chi connectivity index (χ4n) is 4.74. The van der Waals surface area contributed by atoms with Crippen molar-refractivity contribution in [2.45, 2.75) is 18.8 Å². The number of nitrogen functional groups attached to an aromatic ring is 1. The highest BCUT2D eigenvalue weighted by atomic mass is 19.1. The number of nitrogens with one attached hydrogen (secondary N) is 2. The summed E-state index contributed by atoms with van der Waals surface area (Å²) in [5, 5.41) is 14.2. The van der Waals surface area contributed by atoms with E-state index in [-0.39, 0.29) is 29.9 Å². The maximum absolute atomic E-state index is 14.3. The first-order valence-corrected chi connectivity index (χ1v) is 10.9. The topological polar surface area (TPSA) is 106 Å². The Labute approximate surface area is 198 Å². The van der Waals surface area contributed by atoms with E-state index in [1.54, 1.807) is 23.0 Å². The molecule has 35 heavy (non-hydrogen) atoms.